The number of hydrogen-bond donors (Lipinski definition) is 1. The number of nitrogens with zero attached hydrogens (tertiary/aromatic N) is 2. The first kappa shape index (κ1) is 27.3. The highest BCUT2D eigenvalue weighted by Crippen LogP contribution is 2.66. The van der Waals surface area contributed by atoms with Crippen molar-refractivity contribution in [1.29, 1.82) is 0 Å². The van der Waals surface area contributed by atoms with Gasteiger partial charge in [0.15, 0.2) is 12.6 Å². The molecule has 0 heterocycles. The first-order valence-corrected chi connectivity index (χ1v) is 13.9. The molecule has 4 aliphatic carbocycles. The molecule has 6 nitrogen and oxygen atoms in total. The van der Waals surface area contributed by atoms with Crippen LogP contribution in [0.3, 0.4) is 0 Å². The molecule has 202 valence electrons. The molecule has 0 aromatic heterocycles. The summed E-state index contributed by atoms with van der Waals surface area (Å²) in [5.41, 5.74) is 2.46. The normalized spacial score (nSPS) is 36.5. The fraction of sp³-hybridized carbons (Fsp3) is 0.828. The second kappa shape index (κ2) is 10.2. The molecule has 0 spiro atoms. The van der Waals surface area contributed by atoms with Crippen molar-refractivity contribution >= 4 is 17.6 Å². The Bertz CT molecular complexity index is 925. The van der Waals surface area contributed by atoms with E-state index in [-0.39, 0.29) is 28.8 Å². The van der Waals surface area contributed by atoms with E-state index in [0.717, 1.165) is 36.3 Å². The van der Waals surface area contributed by atoms with E-state index in [1.54, 1.807) is 0 Å². The van der Waals surface area contributed by atoms with Crippen LogP contribution in [0.5, 0.6) is 0 Å². The Hall–Kier alpha value is -1.76. The number of halogens is 1. The second-order valence-electron chi connectivity index (χ2n) is 13.3. The van der Waals surface area contributed by atoms with Crippen LogP contribution in [0.4, 0.5) is 9.18 Å². The summed E-state index contributed by atoms with van der Waals surface area (Å²) in [4.78, 5) is 30.9. The number of allylic oxidation sites excluding steroid dienone is 1. The molecule has 1 N–H and O–H groups in total. The van der Waals surface area contributed by atoms with Gasteiger partial charge in [0.2, 0.25) is 0 Å². The summed E-state index contributed by atoms with van der Waals surface area (Å²) >= 11 is 0. The van der Waals surface area contributed by atoms with Crippen LogP contribution in [0.15, 0.2) is 16.8 Å². The lowest BCUT2D eigenvalue weighted by molar-refractivity contribution is -0.117. The highest BCUT2D eigenvalue weighted by atomic mass is 19.1. The molecule has 1 amide bonds. The van der Waals surface area contributed by atoms with E-state index in [2.05, 4.69) is 24.3 Å². The highest BCUT2D eigenvalue weighted by molar-refractivity contribution is 5.91. The Morgan fingerprint density at radius 1 is 1.17 bits per heavy atom. The molecule has 0 radical (unpaired) electrons. The van der Waals surface area contributed by atoms with Crippen molar-refractivity contribution in [3.63, 3.8) is 0 Å². The van der Waals surface area contributed by atoms with Crippen LogP contribution in [0, 0.1) is 34.5 Å². The minimum atomic E-state index is -0.897. The quantitative estimate of drug-likeness (QED) is 0.201. The molecule has 3 fully saturated rings. The van der Waals surface area contributed by atoms with Crippen molar-refractivity contribution < 1.29 is 18.8 Å². The first-order valence-electron chi connectivity index (χ1n) is 13.9. The summed E-state index contributed by atoms with van der Waals surface area (Å²) < 4.78 is 13.5. The van der Waals surface area contributed by atoms with Crippen LogP contribution in [-0.4, -0.2) is 47.9 Å². The number of rotatable bonds is 6. The third-order valence-corrected chi connectivity index (χ3v) is 10.2. The van der Waals surface area contributed by atoms with Gasteiger partial charge in [0.25, 0.3) is 0 Å². The number of nitrogens with one attached hydrogen (secondary N) is 1. The smallest absolute Gasteiger partial charge is 0.310 e. The average molecular weight is 504 g/mol. The van der Waals surface area contributed by atoms with Crippen LogP contribution in [0.1, 0.15) is 92.9 Å². The summed E-state index contributed by atoms with van der Waals surface area (Å²) in [5.74, 6) is 2.54. The molecule has 0 aliphatic heterocycles. The molecule has 3 saturated carbocycles. The zero-order chi connectivity index (χ0) is 26.3. The average Bonchev–Trinajstić information content (AvgIpc) is 3.17. The minimum Gasteiger partial charge on any atom is -0.310 e. The lowest BCUT2D eigenvalue weighted by Crippen LogP contribution is -2.51. The van der Waals surface area contributed by atoms with Gasteiger partial charge >= 0.3 is 6.09 Å². The summed E-state index contributed by atoms with van der Waals surface area (Å²) in [6.07, 6.45) is 9.68. The Balaban J connectivity index is 1.41. The SMILES string of the molecule is C/C(=N\OC(=O)N(CF)CCNC(C)(C)C)[C@H]1CC[C@H]2[C@@H]3CCC4=CC(=O)CC[C@]4(C)[C@H]3CC[C@]12C. The number of hydrogen-bond acceptors (Lipinski definition) is 5. The first-order chi connectivity index (χ1) is 16.9. The zero-order valence-corrected chi connectivity index (χ0v) is 23.2. The van der Waals surface area contributed by atoms with E-state index < -0.39 is 12.9 Å². The van der Waals surface area contributed by atoms with E-state index in [1.807, 2.05) is 33.8 Å². The van der Waals surface area contributed by atoms with Gasteiger partial charge in [-0.15, -0.1) is 0 Å². The molecular formula is C29H46FN3O3. The molecule has 0 bridgehead atoms. The maximum absolute atomic E-state index is 13.5. The maximum Gasteiger partial charge on any atom is 0.438 e. The standard InChI is InChI=1S/C29H46FN3O3/c1-19(32-36-26(35)33(18-30)16-15-31-27(2,3)4)23-9-10-24-22-8-7-20-17-21(34)11-13-28(20,5)25(22)12-14-29(23,24)6/h17,22-25,31H,7-16,18H2,1-6H3/b32-19+/t22-,23+,24-,25-,28-,29+/m0/s1. The number of alkyl halides is 1. The number of carbonyl (C=O) groups is 2. The predicted molar refractivity (Wildman–Crippen MR) is 140 cm³/mol. The molecule has 7 heteroatoms. The topological polar surface area (TPSA) is 71.0 Å². The van der Waals surface area contributed by atoms with Crippen molar-refractivity contribution in [2.24, 2.45) is 39.7 Å². The molecule has 4 aliphatic rings. The van der Waals surface area contributed by atoms with Crippen molar-refractivity contribution in [2.75, 3.05) is 19.9 Å². The lowest BCUT2D eigenvalue weighted by Gasteiger charge is -2.58. The number of ketones is 1. The molecule has 0 aromatic carbocycles. The van der Waals surface area contributed by atoms with Crippen LogP contribution in [0.2, 0.25) is 0 Å². The minimum absolute atomic E-state index is 0.101. The fourth-order valence-corrected chi connectivity index (χ4v) is 8.24. The summed E-state index contributed by atoms with van der Waals surface area (Å²) in [7, 11) is 0. The monoisotopic (exact) mass is 503 g/mol. The number of amides is 1. The van der Waals surface area contributed by atoms with Crippen molar-refractivity contribution in [1.82, 2.24) is 10.2 Å². The van der Waals surface area contributed by atoms with Gasteiger partial charge in [-0.25, -0.2) is 9.18 Å². The Morgan fingerprint density at radius 2 is 1.92 bits per heavy atom. The zero-order valence-electron chi connectivity index (χ0n) is 23.2. The van der Waals surface area contributed by atoms with E-state index in [4.69, 9.17) is 4.84 Å². The highest BCUT2D eigenvalue weighted by Gasteiger charge is 2.59. The predicted octanol–water partition coefficient (Wildman–Crippen LogP) is 6.26. The Morgan fingerprint density at radius 3 is 2.61 bits per heavy atom. The van der Waals surface area contributed by atoms with Crippen LogP contribution in [0.25, 0.3) is 0 Å². The Kier molecular flexibility index (Phi) is 7.72. The maximum atomic E-state index is 13.5. The molecule has 6 atom stereocenters. The third kappa shape index (κ3) is 5.14. The molecular weight excluding hydrogens is 457 g/mol. The number of carbonyl (C=O) groups excluding carboxylic acids is 2. The van der Waals surface area contributed by atoms with E-state index >= 15 is 0 Å². The van der Waals surface area contributed by atoms with Gasteiger partial charge in [-0.05, 0) is 107 Å². The largest absolute Gasteiger partial charge is 0.438 e. The van der Waals surface area contributed by atoms with Crippen molar-refractivity contribution in [3.8, 4) is 0 Å². The third-order valence-electron chi connectivity index (χ3n) is 10.2. The molecule has 0 aromatic rings. The van der Waals surface area contributed by atoms with Crippen molar-refractivity contribution in [2.45, 2.75) is 98.4 Å². The van der Waals surface area contributed by atoms with Gasteiger partial charge in [0.1, 0.15) is 0 Å². The molecule has 0 saturated heterocycles. The number of fused-ring (bicyclic) bond motifs is 5. The van der Waals surface area contributed by atoms with Gasteiger partial charge in [-0.1, -0.05) is 24.6 Å². The van der Waals surface area contributed by atoms with Gasteiger partial charge in [-0.3, -0.25) is 14.5 Å². The Labute approximate surface area is 216 Å². The molecule has 36 heavy (non-hydrogen) atoms. The molecule has 0 unspecified atom stereocenters. The summed E-state index contributed by atoms with van der Waals surface area (Å²) in [6, 6.07) is 0. The van der Waals surface area contributed by atoms with Crippen molar-refractivity contribution in [3.05, 3.63) is 11.6 Å². The summed E-state index contributed by atoms with van der Waals surface area (Å²) in [6.45, 7) is 12.7. The van der Waals surface area contributed by atoms with Crippen LogP contribution < -0.4 is 5.32 Å². The van der Waals surface area contributed by atoms with Gasteiger partial charge in [-0.2, -0.15) is 0 Å². The van der Waals surface area contributed by atoms with E-state index in [9.17, 15) is 14.0 Å². The van der Waals surface area contributed by atoms with Gasteiger partial charge < -0.3 is 5.32 Å². The van der Waals surface area contributed by atoms with Gasteiger partial charge in [0, 0.05) is 31.0 Å². The fourth-order valence-electron chi connectivity index (χ4n) is 8.24. The lowest BCUT2D eigenvalue weighted by atomic mass is 9.46. The van der Waals surface area contributed by atoms with Crippen LogP contribution in [-0.2, 0) is 9.63 Å². The van der Waals surface area contributed by atoms with E-state index in [0.29, 0.717) is 36.5 Å². The number of oxime groups is 1. The van der Waals surface area contributed by atoms with Gasteiger partial charge in [0.05, 0.1) is 5.71 Å². The molecule has 4 rings (SSSR count). The second-order valence-corrected chi connectivity index (χ2v) is 13.3. The van der Waals surface area contributed by atoms with E-state index in [1.165, 1.54) is 24.8 Å². The summed E-state index contributed by atoms with van der Waals surface area (Å²) in [5, 5.41) is 7.51. The van der Waals surface area contributed by atoms with Crippen LogP contribution >= 0.6 is 0 Å².